The number of carbonyl (C=O) groups excluding carboxylic acids is 2. The molecule has 1 aliphatic rings. The number of rotatable bonds is 6. The summed E-state index contributed by atoms with van der Waals surface area (Å²) in [5.41, 5.74) is -0.514. The van der Waals surface area contributed by atoms with Crippen molar-refractivity contribution >= 4 is 17.5 Å². The highest BCUT2D eigenvalue weighted by Crippen LogP contribution is 2.19. The minimum absolute atomic E-state index is 0.367. The van der Waals surface area contributed by atoms with E-state index in [1.54, 1.807) is 0 Å². The molecule has 6 nitrogen and oxygen atoms in total. The van der Waals surface area contributed by atoms with Crippen LogP contribution in [0, 0.1) is 17.5 Å². The van der Waals surface area contributed by atoms with Crippen molar-refractivity contribution in [2.45, 2.75) is 6.42 Å². The summed E-state index contributed by atoms with van der Waals surface area (Å²) in [4.78, 5) is 25.4. The van der Waals surface area contributed by atoms with Crippen molar-refractivity contribution in [2.24, 2.45) is 0 Å². The third-order valence-electron chi connectivity index (χ3n) is 3.48. The molecule has 1 heterocycles. The van der Waals surface area contributed by atoms with Crippen molar-refractivity contribution in [1.29, 1.82) is 0 Å². The predicted molar refractivity (Wildman–Crippen MR) is 79.8 cm³/mol. The van der Waals surface area contributed by atoms with Gasteiger partial charge in [-0.2, -0.15) is 0 Å². The maximum absolute atomic E-state index is 13.4. The molecule has 1 aromatic rings. The van der Waals surface area contributed by atoms with Crippen LogP contribution in [0.3, 0.4) is 0 Å². The molecule has 2 amide bonds. The number of halogens is 3. The molecular weight excluding hydrogens is 327 g/mol. The summed E-state index contributed by atoms with van der Waals surface area (Å²) in [5.74, 6) is -5.89. The third-order valence-corrected chi connectivity index (χ3v) is 3.48. The van der Waals surface area contributed by atoms with Crippen molar-refractivity contribution < 1.29 is 27.5 Å². The van der Waals surface area contributed by atoms with Crippen molar-refractivity contribution in [3.63, 3.8) is 0 Å². The van der Waals surface area contributed by atoms with Crippen LogP contribution in [-0.4, -0.2) is 56.1 Å². The number of amides is 2. The van der Waals surface area contributed by atoms with Crippen LogP contribution in [0.4, 0.5) is 18.9 Å². The molecule has 2 N–H and O–H groups in total. The molecule has 1 aromatic carbocycles. The van der Waals surface area contributed by atoms with Crippen molar-refractivity contribution in [2.75, 3.05) is 44.7 Å². The lowest BCUT2D eigenvalue weighted by Gasteiger charge is -2.26. The van der Waals surface area contributed by atoms with E-state index in [2.05, 4.69) is 10.2 Å². The topological polar surface area (TPSA) is 70.7 Å². The molecule has 0 unspecified atom stereocenters. The average molecular weight is 345 g/mol. The maximum atomic E-state index is 13.4. The summed E-state index contributed by atoms with van der Waals surface area (Å²) in [5, 5.41) is 4.61. The molecule has 0 atom stereocenters. The molecule has 2 rings (SSSR count). The summed E-state index contributed by atoms with van der Waals surface area (Å²) >= 11 is 0. The van der Waals surface area contributed by atoms with E-state index >= 15 is 0 Å². The normalized spacial score (nSPS) is 15.1. The van der Waals surface area contributed by atoms with Gasteiger partial charge in [-0.3, -0.25) is 14.5 Å². The number of hydrogen-bond acceptors (Lipinski definition) is 4. The lowest BCUT2D eigenvalue weighted by Crippen LogP contribution is -2.41. The van der Waals surface area contributed by atoms with Gasteiger partial charge in [-0.1, -0.05) is 0 Å². The number of anilines is 1. The highest BCUT2D eigenvalue weighted by molar-refractivity contribution is 6.03. The molecule has 1 aliphatic heterocycles. The zero-order valence-corrected chi connectivity index (χ0v) is 12.9. The molecule has 132 valence electrons. The molecule has 9 heteroatoms. The Morgan fingerprint density at radius 3 is 2.50 bits per heavy atom. The first kappa shape index (κ1) is 18.2. The number of morpholine rings is 1. The fourth-order valence-corrected chi connectivity index (χ4v) is 2.20. The molecule has 0 spiro atoms. The van der Waals surface area contributed by atoms with Gasteiger partial charge in [0.25, 0.3) is 0 Å². The Hall–Kier alpha value is -2.13. The Bertz CT molecular complexity index is 607. The van der Waals surface area contributed by atoms with Gasteiger partial charge in [-0.25, -0.2) is 13.2 Å². The zero-order valence-electron chi connectivity index (χ0n) is 12.9. The maximum Gasteiger partial charge on any atom is 0.233 e. The summed E-state index contributed by atoms with van der Waals surface area (Å²) in [6, 6.07) is 1.58. The van der Waals surface area contributed by atoms with E-state index in [4.69, 9.17) is 4.74 Å². The highest BCUT2D eigenvalue weighted by Gasteiger charge is 2.17. The molecule has 0 saturated carbocycles. The number of carbonyl (C=O) groups is 2. The summed E-state index contributed by atoms with van der Waals surface area (Å²) in [6.45, 7) is 3.87. The lowest BCUT2D eigenvalue weighted by molar-refractivity contribution is -0.126. The molecule has 1 saturated heterocycles. The van der Waals surface area contributed by atoms with E-state index < -0.39 is 41.4 Å². The van der Waals surface area contributed by atoms with Crippen molar-refractivity contribution in [3.8, 4) is 0 Å². The van der Waals surface area contributed by atoms with Crippen LogP contribution in [0.2, 0.25) is 0 Å². The van der Waals surface area contributed by atoms with E-state index in [9.17, 15) is 22.8 Å². The Balaban J connectivity index is 1.73. The number of ether oxygens (including phenoxy) is 1. The zero-order chi connectivity index (χ0) is 17.5. The Morgan fingerprint density at radius 2 is 1.79 bits per heavy atom. The Kier molecular flexibility index (Phi) is 6.56. The molecule has 0 aliphatic carbocycles. The summed E-state index contributed by atoms with van der Waals surface area (Å²) < 4.78 is 44.5. The van der Waals surface area contributed by atoms with E-state index in [0.717, 1.165) is 19.2 Å². The SMILES string of the molecule is O=C(CC(=O)Nc1ccc(F)c(F)c1F)NCCN1CCOCC1. The second-order valence-corrected chi connectivity index (χ2v) is 5.25. The minimum Gasteiger partial charge on any atom is -0.379 e. The smallest absolute Gasteiger partial charge is 0.233 e. The fourth-order valence-electron chi connectivity index (χ4n) is 2.20. The molecule has 0 aromatic heterocycles. The lowest BCUT2D eigenvalue weighted by atomic mass is 10.2. The summed E-state index contributed by atoms with van der Waals surface area (Å²) in [6.07, 6.45) is -0.540. The first-order valence-corrected chi connectivity index (χ1v) is 7.47. The third kappa shape index (κ3) is 5.20. The van der Waals surface area contributed by atoms with Crippen LogP contribution in [0.15, 0.2) is 12.1 Å². The van der Waals surface area contributed by atoms with Crippen LogP contribution in [0.5, 0.6) is 0 Å². The van der Waals surface area contributed by atoms with Crippen LogP contribution in [-0.2, 0) is 14.3 Å². The van der Waals surface area contributed by atoms with Gasteiger partial charge in [0.05, 0.1) is 18.9 Å². The average Bonchev–Trinajstić information content (AvgIpc) is 2.56. The van der Waals surface area contributed by atoms with E-state index in [1.807, 2.05) is 5.32 Å². The van der Waals surface area contributed by atoms with Gasteiger partial charge in [0.2, 0.25) is 11.8 Å². The molecule has 1 fully saturated rings. The Labute approximate surface area is 137 Å². The van der Waals surface area contributed by atoms with Gasteiger partial charge < -0.3 is 15.4 Å². The second kappa shape index (κ2) is 8.65. The number of benzene rings is 1. The molecule has 24 heavy (non-hydrogen) atoms. The van der Waals surface area contributed by atoms with Crippen LogP contribution in [0.25, 0.3) is 0 Å². The summed E-state index contributed by atoms with van der Waals surface area (Å²) in [7, 11) is 0. The van der Waals surface area contributed by atoms with Gasteiger partial charge in [-0.05, 0) is 12.1 Å². The first-order valence-electron chi connectivity index (χ1n) is 7.47. The fraction of sp³-hybridized carbons (Fsp3) is 0.467. The highest BCUT2D eigenvalue weighted by atomic mass is 19.2. The largest absolute Gasteiger partial charge is 0.379 e. The van der Waals surface area contributed by atoms with Gasteiger partial charge in [0.15, 0.2) is 17.5 Å². The van der Waals surface area contributed by atoms with E-state index in [0.29, 0.717) is 32.4 Å². The van der Waals surface area contributed by atoms with Gasteiger partial charge in [-0.15, -0.1) is 0 Å². The van der Waals surface area contributed by atoms with Crippen molar-refractivity contribution in [1.82, 2.24) is 10.2 Å². The van der Waals surface area contributed by atoms with Crippen LogP contribution < -0.4 is 10.6 Å². The van der Waals surface area contributed by atoms with Gasteiger partial charge >= 0.3 is 0 Å². The van der Waals surface area contributed by atoms with E-state index in [1.165, 1.54) is 0 Å². The van der Waals surface area contributed by atoms with Crippen LogP contribution >= 0.6 is 0 Å². The minimum atomic E-state index is -1.68. The van der Waals surface area contributed by atoms with Gasteiger partial charge in [0.1, 0.15) is 6.42 Å². The van der Waals surface area contributed by atoms with Crippen molar-refractivity contribution in [3.05, 3.63) is 29.6 Å². The monoisotopic (exact) mass is 345 g/mol. The second-order valence-electron chi connectivity index (χ2n) is 5.25. The first-order chi connectivity index (χ1) is 11.5. The number of nitrogens with one attached hydrogen (secondary N) is 2. The number of nitrogens with zero attached hydrogens (tertiary/aromatic N) is 1. The molecular formula is C15H18F3N3O3. The van der Waals surface area contributed by atoms with Crippen LogP contribution in [0.1, 0.15) is 6.42 Å². The predicted octanol–water partition coefficient (Wildman–Crippen LogP) is 0.881. The van der Waals surface area contributed by atoms with E-state index in [-0.39, 0.29) is 0 Å². The quantitative estimate of drug-likeness (QED) is 0.593. The molecule has 0 bridgehead atoms. The standard InChI is InChI=1S/C15H18F3N3O3/c16-10-1-2-11(15(18)14(10)17)20-13(23)9-12(22)19-3-4-21-5-7-24-8-6-21/h1-2H,3-9H2,(H,19,22)(H,20,23). The Morgan fingerprint density at radius 1 is 1.08 bits per heavy atom. The number of hydrogen-bond donors (Lipinski definition) is 2. The molecule has 0 radical (unpaired) electrons. The van der Waals surface area contributed by atoms with Gasteiger partial charge in [0, 0.05) is 26.2 Å².